The fourth-order valence-corrected chi connectivity index (χ4v) is 4.48. The molecule has 0 bridgehead atoms. The number of ether oxygens (including phenoxy) is 1. The van der Waals surface area contributed by atoms with Gasteiger partial charge < -0.3 is 25.2 Å². The molecule has 0 saturated carbocycles. The van der Waals surface area contributed by atoms with Gasteiger partial charge in [0.25, 0.3) is 0 Å². The van der Waals surface area contributed by atoms with Crippen molar-refractivity contribution >= 4 is 34.7 Å². The number of halogens is 2. The maximum atomic E-state index is 13.1. The number of rotatable bonds is 8. The van der Waals surface area contributed by atoms with Gasteiger partial charge in [-0.1, -0.05) is 6.58 Å². The maximum Gasteiger partial charge on any atom is 0.333 e. The van der Waals surface area contributed by atoms with Crippen molar-refractivity contribution in [3.05, 3.63) is 31.4 Å². The van der Waals surface area contributed by atoms with Crippen LogP contribution in [0.15, 0.2) is 31.4 Å². The van der Waals surface area contributed by atoms with Gasteiger partial charge in [-0.3, -0.25) is 14.2 Å². The number of nitrogens with one attached hydrogen (secondary N) is 2. The number of hydrogen-bond acceptors (Lipinski definition) is 9. The molecule has 0 radical (unpaired) electrons. The van der Waals surface area contributed by atoms with Crippen molar-refractivity contribution in [3.63, 3.8) is 0 Å². The summed E-state index contributed by atoms with van der Waals surface area (Å²) in [7, 11) is 0. The number of piperidine rings is 1. The number of hydrogen-bond donors (Lipinski definition) is 2. The zero-order valence-electron chi connectivity index (χ0n) is 20.6. The number of nitrogens with zero attached hydrogens (tertiary/aromatic N) is 8. The second-order valence-corrected chi connectivity index (χ2v) is 8.94. The summed E-state index contributed by atoms with van der Waals surface area (Å²) in [6, 6.07) is -0.0434. The molecule has 3 aromatic rings. The van der Waals surface area contributed by atoms with E-state index in [-0.39, 0.29) is 24.4 Å². The van der Waals surface area contributed by atoms with Crippen molar-refractivity contribution < 1.29 is 23.1 Å². The van der Waals surface area contributed by atoms with Gasteiger partial charge in [-0.15, -0.1) is 0 Å². The average molecular weight is 531 g/mol. The first-order chi connectivity index (χ1) is 18.4. The van der Waals surface area contributed by atoms with Crippen LogP contribution in [-0.2, 0) is 14.3 Å². The number of likely N-dealkylation sites (tertiary alicyclic amines) is 1. The van der Waals surface area contributed by atoms with E-state index < -0.39 is 6.55 Å². The molecule has 5 rings (SSSR count). The molecule has 2 aliphatic heterocycles. The van der Waals surface area contributed by atoms with Crippen molar-refractivity contribution in [3.8, 4) is 5.69 Å². The largest absolute Gasteiger partial charge is 0.378 e. The van der Waals surface area contributed by atoms with Crippen LogP contribution in [0.1, 0.15) is 19.4 Å². The van der Waals surface area contributed by atoms with Gasteiger partial charge in [-0.05, 0) is 18.9 Å². The third-order valence-electron chi connectivity index (χ3n) is 6.51. The number of aromatic nitrogens is 6. The van der Waals surface area contributed by atoms with Crippen molar-refractivity contribution in [2.24, 2.45) is 0 Å². The van der Waals surface area contributed by atoms with Gasteiger partial charge in [0.05, 0.1) is 37.8 Å². The SMILES string of the molecule is C=CC(=O)N1CCC(NC(=O)CNc2nc(N3CCOCC3)nc3c2ncn3-c2cnn(C(F)F)c2)CC1. The molecule has 5 heterocycles. The monoisotopic (exact) mass is 530 g/mol. The van der Waals surface area contributed by atoms with E-state index in [9.17, 15) is 18.4 Å². The van der Waals surface area contributed by atoms with Gasteiger partial charge in [0.15, 0.2) is 17.0 Å². The molecular weight excluding hydrogens is 502 g/mol. The van der Waals surface area contributed by atoms with Crippen molar-refractivity contribution in [1.82, 2.24) is 39.5 Å². The number of carbonyl (C=O) groups is 2. The van der Waals surface area contributed by atoms with E-state index in [4.69, 9.17) is 4.74 Å². The highest BCUT2D eigenvalue weighted by atomic mass is 19.3. The number of carbonyl (C=O) groups excluding carboxylic acids is 2. The summed E-state index contributed by atoms with van der Waals surface area (Å²) in [5.41, 5.74) is 1.14. The van der Waals surface area contributed by atoms with Gasteiger partial charge in [0, 0.05) is 32.2 Å². The van der Waals surface area contributed by atoms with Crippen molar-refractivity contribution in [2.75, 3.05) is 56.2 Å². The minimum absolute atomic E-state index is 0.0434. The fraction of sp³-hybridized carbons (Fsp3) is 0.478. The van der Waals surface area contributed by atoms with E-state index in [0.717, 1.165) is 0 Å². The Morgan fingerprint density at radius 3 is 2.63 bits per heavy atom. The van der Waals surface area contributed by atoms with Gasteiger partial charge in [0.2, 0.25) is 17.8 Å². The third kappa shape index (κ3) is 5.41. The lowest BCUT2D eigenvalue weighted by molar-refractivity contribution is -0.127. The third-order valence-corrected chi connectivity index (χ3v) is 6.51. The number of anilines is 2. The van der Waals surface area contributed by atoms with E-state index >= 15 is 0 Å². The minimum atomic E-state index is -2.78. The number of morpholine rings is 1. The molecule has 202 valence electrons. The molecule has 2 saturated heterocycles. The lowest BCUT2D eigenvalue weighted by Gasteiger charge is -2.31. The Kier molecular flexibility index (Phi) is 7.44. The normalized spacial score (nSPS) is 16.7. The quantitative estimate of drug-likeness (QED) is 0.408. The summed E-state index contributed by atoms with van der Waals surface area (Å²) in [5, 5.41) is 9.76. The molecule has 0 aliphatic carbocycles. The zero-order chi connectivity index (χ0) is 26.6. The summed E-state index contributed by atoms with van der Waals surface area (Å²) in [6.45, 7) is 3.98. The summed E-state index contributed by atoms with van der Waals surface area (Å²) in [6.07, 6.45) is 6.57. The lowest BCUT2D eigenvalue weighted by Crippen LogP contribution is -2.47. The standard InChI is InChI=1S/C23H28F2N10O3/c1-2-18(37)32-5-3-15(4-6-32)29-17(36)12-26-20-19-21(31-23(30-20)33-7-9-38-10-8-33)34(14-27-19)16-11-28-35(13-16)22(24)25/h2,11,13-15,22H,1,3-10,12H2,(H,29,36)(H,26,30,31). The van der Waals surface area contributed by atoms with Crippen LogP contribution in [-0.4, -0.2) is 98.0 Å². The number of imidazole rings is 1. The number of fused-ring (bicyclic) bond motifs is 1. The lowest BCUT2D eigenvalue weighted by atomic mass is 10.0. The molecule has 2 fully saturated rings. The summed E-state index contributed by atoms with van der Waals surface area (Å²) in [5.74, 6) is 0.418. The Hall–Kier alpha value is -4.14. The van der Waals surface area contributed by atoms with E-state index in [1.165, 1.54) is 24.8 Å². The van der Waals surface area contributed by atoms with Gasteiger partial charge >= 0.3 is 6.55 Å². The van der Waals surface area contributed by atoms with Crippen LogP contribution in [0.4, 0.5) is 20.5 Å². The smallest absolute Gasteiger partial charge is 0.333 e. The van der Waals surface area contributed by atoms with Crippen LogP contribution in [0.25, 0.3) is 16.9 Å². The second-order valence-electron chi connectivity index (χ2n) is 8.94. The van der Waals surface area contributed by atoms with Crippen LogP contribution in [0.3, 0.4) is 0 Å². The molecule has 2 N–H and O–H groups in total. The predicted octanol–water partition coefficient (Wildman–Crippen LogP) is 0.949. The van der Waals surface area contributed by atoms with Gasteiger partial charge in [0.1, 0.15) is 6.33 Å². The van der Waals surface area contributed by atoms with Crippen molar-refractivity contribution in [2.45, 2.75) is 25.4 Å². The summed E-state index contributed by atoms with van der Waals surface area (Å²) in [4.78, 5) is 41.8. The molecule has 0 spiro atoms. The minimum Gasteiger partial charge on any atom is -0.378 e. The van der Waals surface area contributed by atoms with Gasteiger partial charge in [-0.2, -0.15) is 23.8 Å². The Morgan fingerprint density at radius 2 is 1.95 bits per heavy atom. The number of alkyl halides is 2. The summed E-state index contributed by atoms with van der Waals surface area (Å²) >= 11 is 0. The Morgan fingerprint density at radius 1 is 1.18 bits per heavy atom. The van der Waals surface area contributed by atoms with E-state index in [1.807, 2.05) is 4.90 Å². The topological polar surface area (TPSA) is 135 Å². The molecule has 2 amide bonds. The first-order valence-electron chi connectivity index (χ1n) is 12.3. The first-order valence-corrected chi connectivity index (χ1v) is 12.3. The molecule has 0 atom stereocenters. The van der Waals surface area contributed by atoms with Crippen LogP contribution in [0.2, 0.25) is 0 Å². The molecule has 13 nitrogen and oxygen atoms in total. The number of amides is 2. The van der Waals surface area contributed by atoms with Crippen LogP contribution < -0.4 is 15.5 Å². The molecule has 15 heteroatoms. The second kappa shape index (κ2) is 11.1. The molecule has 2 aliphatic rings. The molecule has 3 aromatic heterocycles. The average Bonchev–Trinajstić information content (AvgIpc) is 3.60. The zero-order valence-corrected chi connectivity index (χ0v) is 20.6. The highest BCUT2D eigenvalue weighted by molar-refractivity contribution is 5.89. The molecule has 0 aromatic carbocycles. The molecule has 38 heavy (non-hydrogen) atoms. The van der Waals surface area contributed by atoms with E-state index in [2.05, 4.69) is 37.3 Å². The summed E-state index contributed by atoms with van der Waals surface area (Å²) < 4.78 is 33.7. The van der Waals surface area contributed by atoms with Crippen LogP contribution in [0.5, 0.6) is 0 Å². The maximum absolute atomic E-state index is 13.1. The molecular formula is C23H28F2N10O3. The van der Waals surface area contributed by atoms with Gasteiger partial charge in [-0.25, -0.2) is 9.67 Å². The fourth-order valence-electron chi connectivity index (χ4n) is 4.48. The first kappa shape index (κ1) is 25.5. The van der Waals surface area contributed by atoms with E-state index in [0.29, 0.717) is 85.5 Å². The Balaban J connectivity index is 1.33. The molecule has 0 unspecified atom stereocenters. The highest BCUT2D eigenvalue weighted by Crippen LogP contribution is 2.26. The van der Waals surface area contributed by atoms with Crippen molar-refractivity contribution in [1.29, 1.82) is 0 Å². The van der Waals surface area contributed by atoms with Crippen LogP contribution in [0, 0.1) is 0 Å². The van der Waals surface area contributed by atoms with Crippen LogP contribution >= 0.6 is 0 Å². The predicted molar refractivity (Wildman–Crippen MR) is 133 cm³/mol. The highest BCUT2D eigenvalue weighted by Gasteiger charge is 2.24. The Labute approximate surface area is 216 Å². The Bertz CT molecular complexity index is 1310. The van der Waals surface area contributed by atoms with E-state index in [1.54, 1.807) is 9.47 Å².